The van der Waals surface area contributed by atoms with Crippen LogP contribution in [0.4, 0.5) is 0 Å². The van der Waals surface area contributed by atoms with Crippen molar-refractivity contribution in [2.24, 2.45) is 0 Å². The Morgan fingerprint density at radius 1 is 1.42 bits per heavy atom. The summed E-state index contributed by atoms with van der Waals surface area (Å²) in [5, 5.41) is 9.52. The molecule has 0 saturated heterocycles. The molecule has 0 unspecified atom stereocenters. The standard InChI is InChI=1S/C9H7ClIN/c1-5-6(2)9(10)8(11)3-7(5)4-12/h3H,1-2H3. The maximum atomic E-state index is 8.76. The Balaban J connectivity index is 3.52. The Kier molecular flexibility index (Phi) is 2.97. The van der Waals surface area contributed by atoms with E-state index in [1.807, 2.05) is 19.9 Å². The van der Waals surface area contributed by atoms with E-state index < -0.39 is 0 Å². The first-order chi connectivity index (χ1) is 5.57. The summed E-state index contributed by atoms with van der Waals surface area (Å²) in [6, 6.07) is 3.95. The van der Waals surface area contributed by atoms with Crippen LogP contribution in [-0.4, -0.2) is 0 Å². The summed E-state index contributed by atoms with van der Waals surface area (Å²) < 4.78 is 0.939. The topological polar surface area (TPSA) is 23.8 Å². The SMILES string of the molecule is Cc1c(C#N)cc(I)c(Cl)c1C. The minimum absolute atomic E-state index is 0.710. The Morgan fingerprint density at radius 3 is 2.50 bits per heavy atom. The molecule has 0 spiro atoms. The Bertz CT molecular complexity index is 366. The molecule has 0 aromatic heterocycles. The first-order valence-electron chi connectivity index (χ1n) is 3.43. The van der Waals surface area contributed by atoms with Gasteiger partial charge in [-0.3, -0.25) is 0 Å². The minimum atomic E-state index is 0.710. The highest BCUT2D eigenvalue weighted by molar-refractivity contribution is 14.1. The fraction of sp³-hybridized carbons (Fsp3) is 0.222. The molecule has 0 fully saturated rings. The summed E-state index contributed by atoms with van der Waals surface area (Å²) in [6.45, 7) is 3.84. The molecule has 1 nitrogen and oxygen atoms in total. The van der Waals surface area contributed by atoms with Gasteiger partial charge in [-0.25, -0.2) is 0 Å². The zero-order valence-electron chi connectivity index (χ0n) is 6.78. The number of halogens is 2. The number of hydrogen-bond acceptors (Lipinski definition) is 1. The largest absolute Gasteiger partial charge is 0.192 e. The quantitative estimate of drug-likeness (QED) is 0.672. The van der Waals surface area contributed by atoms with Crippen LogP contribution in [0.3, 0.4) is 0 Å². The molecule has 0 heterocycles. The lowest BCUT2D eigenvalue weighted by Crippen LogP contribution is -1.91. The average molecular weight is 292 g/mol. The molecular formula is C9H7ClIN. The molecule has 12 heavy (non-hydrogen) atoms. The van der Waals surface area contributed by atoms with Crippen LogP contribution in [0.1, 0.15) is 16.7 Å². The van der Waals surface area contributed by atoms with E-state index in [2.05, 4.69) is 28.7 Å². The molecule has 0 N–H and O–H groups in total. The van der Waals surface area contributed by atoms with Crippen LogP contribution in [0, 0.1) is 28.7 Å². The summed E-state index contributed by atoms with van der Waals surface area (Å²) in [4.78, 5) is 0. The predicted molar refractivity (Wildman–Crippen MR) is 58.4 cm³/mol. The van der Waals surface area contributed by atoms with Gasteiger partial charge in [0.15, 0.2) is 0 Å². The van der Waals surface area contributed by atoms with Crippen LogP contribution in [-0.2, 0) is 0 Å². The van der Waals surface area contributed by atoms with Gasteiger partial charge >= 0.3 is 0 Å². The lowest BCUT2D eigenvalue weighted by atomic mass is 10.0. The van der Waals surface area contributed by atoms with E-state index in [1.54, 1.807) is 0 Å². The van der Waals surface area contributed by atoms with Gasteiger partial charge in [0.05, 0.1) is 16.7 Å². The normalized spacial score (nSPS) is 9.58. The van der Waals surface area contributed by atoms with Crippen molar-refractivity contribution in [1.82, 2.24) is 0 Å². The number of hydrogen-bond donors (Lipinski definition) is 0. The van der Waals surface area contributed by atoms with Crippen molar-refractivity contribution in [3.8, 4) is 6.07 Å². The smallest absolute Gasteiger partial charge is 0.0994 e. The number of rotatable bonds is 0. The van der Waals surface area contributed by atoms with Crippen LogP contribution in [0.5, 0.6) is 0 Å². The molecule has 1 aromatic rings. The molecule has 1 aromatic carbocycles. The molecule has 0 amide bonds. The summed E-state index contributed by atoms with van der Waals surface area (Å²) in [7, 11) is 0. The second-order valence-corrected chi connectivity index (χ2v) is 4.12. The van der Waals surface area contributed by atoms with Gasteiger partial charge in [-0.1, -0.05) is 11.6 Å². The van der Waals surface area contributed by atoms with Crippen molar-refractivity contribution < 1.29 is 0 Å². The van der Waals surface area contributed by atoms with Crippen molar-refractivity contribution in [2.45, 2.75) is 13.8 Å². The molecule has 3 heteroatoms. The summed E-state index contributed by atoms with van der Waals surface area (Å²) in [6.07, 6.45) is 0. The second kappa shape index (κ2) is 3.63. The average Bonchev–Trinajstić information content (AvgIpc) is 2.08. The van der Waals surface area contributed by atoms with E-state index in [0.29, 0.717) is 5.56 Å². The van der Waals surface area contributed by atoms with Gasteiger partial charge in [0.25, 0.3) is 0 Å². The molecule has 0 radical (unpaired) electrons. The highest BCUT2D eigenvalue weighted by atomic mass is 127. The Morgan fingerprint density at radius 2 is 2.00 bits per heavy atom. The lowest BCUT2D eigenvalue weighted by molar-refractivity contribution is 1.29. The maximum Gasteiger partial charge on any atom is 0.0994 e. The second-order valence-electron chi connectivity index (χ2n) is 2.58. The van der Waals surface area contributed by atoms with Crippen LogP contribution in [0.15, 0.2) is 6.07 Å². The van der Waals surface area contributed by atoms with E-state index >= 15 is 0 Å². The third kappa shape index (κ3) is 1.57. The maximum absolute atomic E-state index is 8.76. The monoisotopic (exact) mass is 291 g/mol. The van der Waals surface area contributed by atoms with E-state index in [4.69, 9.17) is 16.9 Å². The molecule has 0 atom stereocenters. The van der Waals surface area contributed by atoms with Gasteiger partial charge in [-0.05, 0) is 53.6 Å². The Labute approximate surface area is 90.5 Å². The molecular weight excluding hydrogens is 284 g/mol. The highest BCUT2D eigenvalue weighted by Gasteiger charge is 2.08. The molecule has 0 saturated carbocycles. The van der Waals surface area contributed by atoms with Crippen molar-refractivity contribution in [1.29, 1.82) is 5.26 Å². The predicted octanol–water partition coefficient (Wildman–Crippen LogP) is 3.43. The van der Waals surface area contributed by atoms with Gasteiger partial charge in [0.2, 0.25) is 0 Å². The number of nitrogens with zero attached hydrogens (tertiary/aromatic N) is 1. The minimum Gasteiger partial charge on any atom is -0.192 e. The number of nitriles is 1. The third-order valence-corrected chi connectivity index (χ3v) is 3.55. The third-order valence-electron chi connectivity index (χ3n) is 1.90. The van der Waals surface area contributed by atoms with Crippen molar-refractivity contribution in [2.75, 3.05) is 0 Å². The fourth-order valence-corrected chi connectivity index (χ4v) is 1.87. The van der Waals surface area contributed by atoms with Gasteiger partial charge in [-0.15, -0.1) is 0 Å². The van der Waals surface area contributed by atoms with Crippen molar-refractivity contribution >= 4 is 34.2 Å². The molecule has 1 rings (SSSR count). The van der Waals surface area contributed by atoms with Gasteiger partial charge in [0.1, 0.15) is 0 Å². The van der Waals surface area contributed by atoms with Crippen LogP contribution < -0.4 is 0 Å². The first kappa shape index (κ1) is 9.82. The molecule has 62 valence electrons. The van der Waals surface area contributed by atoms with E-state index in [1.165, 1.54) is 0 Å². The molecule has 0 aliphatic rings. The van der Waals surface area contributed by atoms with Crippen LogP contribution in [0.2, 0.25) is 5.02 Å². The summed E-state index contributed by atoms with van der Waals surface area (Å²) >= 11 is 8.13. The van der Waals surface area contributed by atoms with E-state index in [-0.39, 0.29) is 0 Å². The molecule has 0 aliphatic heterocycles. The Hall–Kier alpha value is -0.270. The van der Waals surface area contributed by atoms with Gasteiger partial charge in [-0.2, -0.15) is 5.26 Å². The fourth-order valence-electron chi connectivity index (χ4n) is 0.960. The van der Waals surface area contributed by atoms with Crippen molar-refractivity contribution in [3.63, 3.8) is 0 Å². The first-order valence-corrected chi connectivity index (χ1v) is 4.89. The van der Waals surface area contributed by atoms with Crippen molar-refractivity contribution in [3.05, 3.63) is 31.3 Å². The summed E-state index contributed by atoms with van der Waals surface area (Å²) in [5.41, 5.74) is 2.68. The van der Waals surface area contributed by atoms with Crippen LogP contribution >= 0.6 is 34.2 Å². The van der Waals surface area contributed by atoms with E-state index in [0.717, 1.165) is 19.7 Å². The zero-order valence-corrected chi connectivity index (χ0v) is 9.69. The molecule has 0 aliphatic carbocycles. The van der Waals surface area contributed by atoms with E-state index in [9.17, 15) is 0 Å². The highest BCUT2D eigenvalue weighted by Crippen LogP contribution is 2.27. The van der Waals surface area contributed by atoms with Crippen LogP contribution in [0.25, 0.3) is 0 Å². The number of benzene rings is 1. The molecule has 0 bridgehead atoms. The lowest BCUT2D eigenvalue weighted by Gasteiger charge is -2.06. The zero-order chi connectivity index (χ0) is 9.30. The van der Waals surface area contributed by atoms with Gasteiger partial charge < -0.3 is 0 Å². The summed E-state index contributed by atoms with van der Waals surface area (Å²) in [5.74, 6) is 0. The van der Waals surface area contributed by atoms with Gasteiger partial charge in [0, 0.05) is 3.57 Å².